The van der Waals surface area contributed by atoms with E-state index in [1.807, 2.05) is 24.3 Å². The van der Waals surface area contributed by atoms with Crippen molar-refractivity contribution in [1.29, 1.82) is 0 Å². The van der Waals surface area contributed by atoms with E-state index in [2.05, 4.69) is 10.3 Å². The molecule has 22 heavy (non-hydrogen) atoms. The van der Waals surface area contributed by atoms with Crippen LogP contribution >= 0.6 is 0 Å². The summed E-state index contributed by atoms with van der Waals surface area (Å²) in [4.78, 5) is 16.5. The molecule has 2 aromatic carbocycles. The Kier molecular flexibility index (Phi) is 3.62. The van der Waals surface area contributed by atoms with Crippen molar-refractivity contribution in [3.8, 4) is 5.75 Å². The molecule has 0 spiro atoms. The molecule has 5 heteroatoms. The first-order valence-electron chi connectivity index (χ1n) is 6.77. The van der Waals surface area contributed by atoms with Gasteiger partial charge in [0.15, 0.2) is 5.75 Å². The van der Waals surface area contributed by atoms with Crippen molar-refractivity contribution in [2.45, 2.75) is 0 Å². The van der Waals surface area contributed by atoms with Crippen molar-refractivity contribution < 1.29 is 9.53 Å². The Morgan fingerprint density at radius 2 is 2.05 bits per heavy atom. The van der Waals surface area contributed by atoms with Gasteiger partial charge in [-0.1, -0.05) is 24.3 Å². The standard InChI is InChI=1S/C17H15N3O2/c1-22-16-14(17(21)20-12-6-4-8-19-10-12)9-11-5-2-3-7-13(11)15(16)18/h2-10H,18H2,1H3,(H,20,21). The van der Waals surface area contributed by atoms with Gasteiger partial charge in [-0.15, -0.1) is 0 Å². The molecule has 1 aromatic heterocycles. The third kappa shape index (κ3) is 2.44. The van der Waals surface area contributed by atoms with E-state index < -0.39 is 0 Å². The number of fused-ring (bicyclic) bond motifs is 1. The maximum Gasteiger partial charge on any atom is 0.259 e. The van der Waals surface area contributed by atoms with Gasteiger partial charge in [-0.25, -0.2) is 0 Å². The number of benzene rings is 2. The van der Waals surface area contributed by atoms with Gasteiger partial charge in [0.1, 0.15) is 0 Å². The van der Waals surface area contributed by atoms with Crippen molar-refractivity contribution in [2.24, 2.45) is 0 Å². The first-order chi connectivity index (χ1) is 10.7. The van der Waals surface area contributed by atoms with E-state index in [0.29, 0.717) is 22.7 Å². The Labute approximate surface area is 127 Å². The van der Waals surface area contributed by atoms with Gasteiger partial charge in [0.25, 0.3) is 5.91 Å². The molecule has 0 aliphatic rings. The fraction of sp³-hybridized carbons (Fsp3) is 0.0588. The molecule has 0 aliphatic carbocycles. The second kappa shape index (κ2) is 5.73. The highest BCUT2D eigenvalue weighted by molar-refractivity contribution is 6.12. The normalized spacial score (nSPS) is 10.4. The topological polar surface area (TPSA) is 77.2 Å². The zero-order chi connectivity index (χ0) is 15.5. The molecule has 0 unspecified atom stereocenters. The van der Waals surface area contributed by atoms with E-state index in [4.69, 9.17) is 10.5 Å². The van der Waals surface area contributed by atoms with E-state index in [1.165, 1.54) is 7.11 Å². The van der Waals surface area contributed by atoms with E-state index in [0.717, 1.165) is 10.8 Å². The fourth-order valence-corrected chi connectivity index (χ4v) is 2.38. The molecule has 1 heterocycles. The van der Waals surface area contributed by atoms with Gasteiger partial charge in [0.2, 0.25) is 0 Å². The summed E-state index contributed by atoms with van der Waals surface area (Å²) in [6.07, 6.45) is 3.22. The summed E-state index contributed by atoms with van der Waals surface area (Å²) in [7, 11) is 1.50. The van der Waals surface area contributed by atoms with Crippen LogP contribution in [0.15, 0.2) is 54.9 Å². The number of carbonyl (C=O) groups is 1. The summed E-state index contributed by atoms with van der Waals surface area (Å²) in [5.74, 6) is 0.0855. The smallest absolute Gasteiger partial charge is 0.259 e. The average molecular weight is 293 g/mol. The van der Waals surface area contributed by atoms with Crippen LogP contribution in [0.5, 0.6) is 5.75 Å². The molecule has 3 rings (SSSR count). The number of aromatic nitrogens is 1. The summed E-state index contributed by atoms with van der Waals surface area (Å²) < 4.78 is 5.34. The maximum absolute atomic E-state index is 12.5. The van der Waals surface area contributed by atoms with Crippen LogP contribution < -0.4 is 15.8 Å². The maximum atomic E-state index is 12.5. The Bertz CT molecular complexity index is 832. The lowest BCUT2D eigenvalue weighted by atomic mass is 10.0. The average Bonchev–Trinajstić information content (AvgIpc) is 2.55. The number of nitrogen functional groups attached to an aromatic ring is 1. The molecule has 0 saturated carbocycles. The van der Waals surface area contributed by atoms with Gasteiger partial charge in [0, 0.05) is 11.6 Å². The van der Waals surface area contributed by atoms with E-state index >= 15 is 0 Å². The summed E-state index contributed by atoms with van der Waals surface area (Å²) in [5.41, 5.74) is 7.60. The molecule has 0 radical (unpaired) electrons. The van der Waals surface area contributed by atoms with Crippen LogP contribution in [-0.2, 0) is 0 Å². The number of nitrogens with one attached hydrogen (secondary N) is 1. The Morgan fingerprint density at radius 3 is 2.77 bits per heavy atom. The fourth-order valence-electron chi connectivity index (χ4n) is 2.38. The molecule has 0 atom stereocenters. The second-order valence-electron chi connectivity index (χ2n) is 4.79. The lowest BCUT2D eigenvalue weighted by molar-refractivity contribution is 0.102. The lowest BCUT2D eigenvalue weighted by Gasteiger charge is -2.14. The molecule has 1 amide bonds. The molecule has 5 nitrogen and oxygen atoms in total. The highest BCUT2D eigenvalue weighted by atomic mass is 16.5. The number of rotatable bonds is 3. The molecule has 0 saturated heterocycles. The van der Waals surface area contributed by atoms with Gasteiger partial charge >= 0.3 is 0 Å². The Morgan fingerprint density at radius 1 is 1.23 bits per heavy atom. The number of ether oxygens (including phenoxy) is 1. The van der Waals surface area contributed by atoms with Crippen LogP contribution in [0.3, 0.4) is 0 Å². The van der Waals surface area contributed by atoms with E-state index in [-0.39, 0.29) is 5.91 Å². The number of carbonyl (C=O) groups excluding carboxylic acids is 1. The minimum absolute atomic E-state index is 0.290. The summed E-state index contributed by atoms with van der Waals surface area (Å²) >= 11 is 0. The monoisotopic (exact) mass is 293 g/mol. The highest BCUT2D eigenvalue weighted by Gasteiger charge is 2.17. The second-order valence-corrected chi connectivity index (χ2v) is 4.79. The van der Waals surface area contributed by atoms with Crippen LogP contribution in [0.2, 0.25) is 0 Å². The number of nitrogens with zero attached hydrogens (tertiary/aromatic N) is 1. The van der Waals surface area contributed by atoms with Crippen molar-refractivity contribution in [3.05, 3.63) is 60.4 Å². The zero-order valence-electron chi connectivity index (χ0n) is 12.0. The number of pyridine rings is 1. The van der Waals surface area contributed by atoms with Crippen molar-refractivity contribution >= 4 is 28.1 Å². The van der Waals surface area contributed by atoms with Crippen molar-refractivity contribution in [1.82, 2.24) is 4.98 Å². The number of methoxy groups -OCH3 is 1. The molecule has 3 aromatic rings. The van der Waals surface area contributed by atoms with Crippen LogP contribution in [0, 0.1) is 0 Å². The van der Waals surface area contributed by atoms with Crippen molar-refractivity contribution in [3.63, 3.8) is 0 Å². The summed E-state index contributed by atoms with van der Waals surface area (Å²) in [5, 5.41) is 4.53. The number of nitrogens with two attached hydrogens (primary N) is 1. The predicted molar refractivity (Wildman–Crippen MR) is 87.1 cm³/mol. The number of hydrogen-bond acceptors (Lipinski definition) is 4. The van der Waals surface area contributed by atoms with Gasteiger partial charge in [-0.05, 0) is 23.6 Å². The van der Waals surface area contributed by atoms with Gasteiger partial charge in [0.05, 0.1) is 30.2 Å². The van der Waals surface area contributed by atoms with Crippen LogP contribution in [0.4, 0.5) is 11.4 Å². The van der Waals surface area contributed by atoms with Gasteiger partial charge in [-0.2, -0.15) is 0 Å². The van der Waals surface area contributed by atoms with Crippen LogP contribution in [0.1, 0.15) is 10.4 Å². The van der Waals surface area contributed by atoms with Crippen LogP contribution in [-0.4, -0.2) is 18.0 Å². The predicted octanol–water partition coefficient (Wildman–Crippen LogP) is 3.08. The molecule has 0 bridgehead atoms. The number of anilines is 2. The SMILES string of the molecule is COc1c(C(=O)Nc2cccnc2)cc2ccccc2c1N. The molecular formula is C17H15N3O2. The molecule has 0 fully saturated rings. The third-order valence-electron chi connectivity index (χ3n) is 3.41. The van der Waals surface area contributed by atoms with Crippen molar-refractivity contribution in [2.75, 3.05) is 18.2 Å². The summed E-state index contributed by atoms with van der Waals surface area (Å²) in [6.45, 7) is 0. The first-order valence-corrected chi connectivity index (χ1v) is 6.77. The van der Waals surface area contributed by atoms with E-state index in [9.17, 15) is 4.79 Å². The Hall–Kier alpha value is -3.08. The quantitative estimate of drug-likeness (QED) is 0.727. The lowest BCUT2D eigenvalue weighted by Crippen LogP contribution is -2.14. The van der Waals surface area contributed by atoms with Crippen LogP contribution in [0.25, 0.3) is 10.8 Å². The van der Waals surface area contributed by atoms with Gasteiger partial charge < -0.3 is 15.8 Å². The minimum Gasteiger partial charge on any atom is -0.494 e. The summed E-state index contributed by atoms with van der Waals surface area (Å²) in [6, 6.07) is 12.9. The molecule has 0 aliphatic heterocycles. The van der Waals surface area contributed by atoms with Gasteiger partial charge in [-0.3, -0.25) is 9.78 Å². The van der Waals surface area contributed by atoms with E-state index in [1.54, 1.807) is 30.6 Å². The highest BCUT2D eigenvalue weighted by Crippen LogP contribution is 2.34. The third-order valence-corrected chi connectivity index (χ3v) is 3.41. The largest absolute Gasteiger partial charge is 0.494 e. The number of amides is 1. The minimum atomic E-state index is -0.290. The molecular weight excluding hydrogens is 278 g/mol. The first kappa shape index (κ1) is 13.9. The molecule has 3 N–H and O–H groups in total. The Balaban J connectivity index is 2.07. The zero-order valence-corrected chi connectivity index (χ0v) is 12.0. The molecule has 110 valence electrons. The number of hydrogen-bond donors (Lipinski definition) is 2.